The van der Waals surface area contributed by atoms with Crippen molar-refractivity contribution in [2.75, 3.05) is 25.0 Å². The van der Waals surface area contributed by atoms with Crippen LogP contribution < -0.4 is 10.1 Å². The molecule has 0 radical (unpaired) electrons. The van der Waals surface area contributed by atoms with Crippen molar-refractivity contribution < 1.29 is 14.6 Å². The first-order chi connectivity index (χ1) is 11.1. The first kappa shape index (κ1) is 15.2. The van der Waals surface area contributed by atoms with Crippen LogP contribution in [0.4, 0.5) is 10.5 Å². The van der Waals surface area contributed by atoms with Crippen LogP contribution in [0.25, 0.3) is 0 Å². The van der Waals surface area contributed by atoms with Crippen molar-refractivity contribution in [3.8, 4) is 11.5 Å². The van der Waals surface area contributed by atoms with Crippen LogP contribution in [0.1, 0.15) is 5.56 Å². The van der Waals surface area contributed by atoms with Crippen LogP contribution >= 0.6 is 0 Å². The van der Waals surface area contributed by atoms with Crippen molar-refractivity contribution in [2.24, 2.45) is 5.92 Å². The minimum Gasteiger partial charge on any atom is -0.508 e. The van der Waals surface area contributed by atoms with Crippen molar-refractivity contribution in [2.45, 2.75) is 6.92 Å². The lowest BCUT2D eigenvalue weighted by molar-refractivity contribution is 0.0924. The molecule has 5 heteroatoms. The summed E-state index contributed by atoms with van der Waals surface area (Å²) in [5, 5.41) is 12.1. The summed E-state index contributed by atoms with van der Waals surface area (Å²) in [7, 11) is 0. The van der Waals surface area contributed by atoms with Gasteiger partial charge in [0.1, 0.15) is 11.5 Å². The molecular formula is C18H20N2O3. The first-order valence-corrected chi connectivity index (χ1v) is 7.64. The SMILES string of the molecule is Cc1ccc(NC(=O)N2CC(COc3ccc(O)cc3)C2)cc1. The molecule has 2 aromatic carbocycles. The highest BCUT2D eigenvalue weighted by atomic mass is 16.5. The number of aromatic hydroxyl groups is 1. The number of amides is 2. The van der Waals surface area contributed by atoms with Crippen molar-refractivity contribution in [3.63, 3.8) is 0 Å². The van der Waals surface area contributed by atoms with Gasteiger partial charge in [-0.2, -0.15) is 0 Å². The van der Waals surface area contributed by atoms with E-state index in [-0.39, 0.29) is 11.8 Å². The third-order valence-corrected chi connectivity index (χ3v) is 3.87. The molecule has 0 aliphatic carbocycles. The van der Waals surface area contributed by atoms with E-state index in [1.54, 1.807) is 29.2 Å². The number of likely N-dealkylation sites (tertiary alicyclic amines) is 1. The second-order valence-corrected chi connectivity index (χ2v) is 5.87. The van der Waals surface area contributed by atoms with Crippen LogP contribution in [0.15, 0.2) is 48.5 Å². The summed E-state index contributed by atoms with van der Waals surface area (Å²) < 4.78 is 5.65. The first-order valence-electron chi connectivity index (χ1n) is 7.64. The lowest BCUT2D eigenvalue weighted by atomic mass is 10.0. The van der Waals surface area contributed by atoms with Crippen molar-refractivity contribution in [1.82, 2.24) is 4.90 Å². The smallest absolute Gasteiger partial charge is 0.321 e. The molecule has 0 aromatic heterocycles. The van der Waals surface area contributed by atoms with E-state index in [1.807, 2.05) is 31.2 Å². The maximum absolute atomic E-state index is 12.1. The molecule has 0 unspecified atom stereocenters. The molecule has 3 rings (SSSR count). The number of nitrogens with one attached hydrogen (secondary N) is 1. The zero-order chi connectivity index (χ0) is 16.2. The lowest BCUT2D eigenvalue weighted by Gasteiger charge is -2.38. The Morgan fingerprint density at radius 3 is 2.48 bits per heavy atom. The maximum atomic E-state index is 12.1. The van der Waals surface area contributed by atoms with E-state index < -0.39 is 0 Å². The molecule has 1 saturated heterocycles. The van der Waals surface area contributed by atoms with Gasteiger partial charge in [-0.1, -0.05) is 17.7 Å². The number of hydrogen-bond donors (Lipinski definition) is 2. The Labute approximate surface area is 135 Å². The molecule has 23 heavy (non-hydrogen) atoms. The molecule has 0 bridgehead atoms. The van der Waals surface area contributed by atoms with E-state index >= 15 is 0 Å². The highest BCUT2D eigenvalue weighted by Crippen LogP contribution is 2.21. The van der Waals surface area contributed by atoms with Gasteiger partial charge in [-0.15, -0.1) is 0 Å². The highest BCUT2D eigenvalue weighted by molar-refractivity contribution is 5.89. The van der Waals surface area contributed by atoms with Crippen molar-refractivity contribution in [1.29, 1.82) is 0 Å². The quantitative estimate of drug-likeness (QED) is 0.911. The minimum atomic E-state index is -0.0743. The van der Waals surface area contributed by atoms with Crippen LogP contribution in [-0.2, 0) is 0 Å². The number of rotatable bonds is 4. The van der Waals surface area contributed by atoms with Crippen LogP contribution in [0.5, 0.6) is 11.5 Å². The molecule has 0 atom stereocenters. The summed E-state index contributed by atoms with van der Waals surface area (Å²) in [6, 6.07) is 14.3. The fraction of sp³-hybridized carbons (Fsp3) is 0.278. The lowest BCUT2D eigenvalue weighted by Crippen LogP contribution is -2.53. The van der Waals surface area contributed by atoms with Crippen LogP contribution in [0.2, 0.25) is 0 Å². The number of anilines is 1. The van der Waals surface area contributed by atoms with Gasteiger partial charge < -0.3 is 20.1 Å². The summed E-state index contributed by atoms with van der Waals surface area (Å²) >= 11 is 0. The second kappa shape index (κ2) is 6.60. The number of aryl methyl sites for hydroxylation is 1. The zero-order valence-corrected chi connectivity index (χ0v) is 13.0. The Morgan fingerprint density at radius 1 is 1.17 bits per heavy atom. The molecule has 120 valence electrons. The molecule has 0 saturated carbocycles. The molecule has 2 aromatic rings. The van der Waals surface area contributed by atoms with Crippen LogP contribution in [-0.4, -0.2) is 35.7 Å². The Kier molecular flexibility index (Phi) is 4.37. The fourth-order valence-corrected chi connectivity index (χ4v) is 2.44. The number of carbonyl (C=O) groups excluding carboxylic acids is 1. The third kappa shape index (κ3) is 3.94. The fourth-order valence-electron chi connectivity index (χ4n) is 2.44. The summed E-state index contributed by atoms with van der Waals surface area (Å²) in [5.41, 5.74) is 1.97. The normalized spacial score (nSPS) is 14.2. The minimum absolute atomic E-state index is 0.0743. The summed E-state index contributed by atoms with van der Waals surface area (Å²) in [5.74, 6) is 1.29. The number of phenolic OH excluding ortho intramolecular Hbond substituents is 1. The van der Waals surface area contributed by atoms with Gasteiger partial charge in [-0.05, 0) is 43.3 Å². The molecular weight excluding hydrogens is 292 g/mol. The van der Waals surface area contributed by atoms with Gasteiger partial charge in [0.05, 0.1) is 6.61 Å². The molecule has 2 N–H and O–H groups in total. The second-order valence-electron chi connectivity index (χ2n) is 5.87. The number of carbonyl (C=O) groups is 1. The Balaban J connectivity index is 1.41. The van der Waals surface area contributed by atoms with Gasteiger partial charge in [0.15, 0.2) is 0 Å². The highest BCUT2D eigenvalue weighted by Gasteiger charge is 2.31. The predicted molar refractivity (Wildman–Crippen MR) is 88.9 cm³/mol. The largest absolute Gasteiger partial charge is 0.508 e. The monoisotopic (exact) mass is 312 g/mol. The third-order valence-electron chi connectivity index (χ3n) is 3.87. The molecule has 1 heterocycles. The topological polar surface area (TPSA) is 61.8 Å². The summed E-state index contributed by atoms with van der Waals surface area (Å²) in [4.78, 5) is 13.9. The standard InChI is InChI=1S/C18H20N2O3/c1-13-2-4-15(5-3-13)19-18(22)20-10-14(11-20)12-23-17-8-6-16(21)7-9-17/h2-9,14,21H,10-12H2,1H3,(H,19,22). The number of benzene rings is 2. The van der Waals surface area contributed by atoms with Crippen molar-refractivity contribution >= 4 is 11.7 Å². The predicted octanol–water partition coefficient (Wildman–Crippen LogP) is 3.24. The molecule has 1 fully saturated rings. The molecule has 2 amide bonds. The molecule has 1 aliphatic rings. The van der Waals surface area contributed by atoms with Gasteiger partial charge in [0.2, 0.25) is 0 Å². The molecule has 1 aliphatic heterocycles. The van der Waals surface area contributed by atoms with Crippen LogP contribution in [0.3, 0.4) is 0 Å². The van der Waals surface area contributed by atoms with E-state index in [4.69, 9.17) is 4.74 Å². The number of phenols is 1. The zero-order valence-electron chi connectivity index (χ0n) is 13.0. The number of nitrogens with zero attached hydrogens (tertiary/aromatic N) is 1. The number of urea groups is 1. The molecule has 5 nitrogen and oxygen atoms in total. The number of ether oxygens (including phenoxy) is 1. The molecule has 0 spiro atoms. The van der Waals surface area contributed by atoms with Crippen molar-refractivity contribution in [3.05, 3.63) is 54.1 Å². The maximum Gasteiger partial charge on any atom is 0.321 e. The van der Waals surface area contributed by atoms with Crippen LogP contribution in [0, 0.1) is 12.8 Å². The van der Waals surface area contributed by atoms with Gasteiger partial charge in [0.25, 0.3) is 0 Å². The van der Waals surface area contributed by atoms with E-state index in [2.05, 4.69) is 5.32 Å². The summed E-state index contributed by atoms with van der Waals surface area (Å²) in [6.45, 7) is 3.96. The Hall–Kier alpha value is -2.69. The van der Waals surface area contributed by atoms with Gasteiger partial charge >= 0.3 is 6.03 Å². The van der Waals surface area contributed by atoms with Gasteiger partial charge in [-0.3, -0.25) is 0 Å². The van der Waals surface area contributed by atoms with E-state index in [0.29, 0.717) is 25.6 Å². The average molecular weight is 312 g/mol. The van der Waals surface area contributed by atoms with Gasteiger partial charge in [0, 0.05) is 24.7 Å². The van der Waals surface area contributed by atoms with E-state index in [1.165, 1.54) is 5.56 Å². The average Bonchev–Trinajstić information content (AvgIpc) is 2.50. The van der Waals surface area contributed by atoms with Gasteiger partial charge in [-0.25, -0.2) is 4.79 Å². The number of hydrogen-bond acceptors (Lipinski definition) is 3. The Morgan fingerprint density at radius 2 is 1.83 bits per heavy atom. The summed E-state index contributed by atoms with van der Waals surface area (Å²) in [6.07, 6.45) is 0. The van der Waals surface area contributed by atoms with E-state index in [0.717, 1.165) is 11.4 Å². The van der Waals surface area contributed by atoms with E-state index in [9.17, 15) is 9.90 Å². The Bertz CT molecular complexity index is 662.